The highest BCUT2D eigenvalue weighted by Crippen LogP contribution is 2.41. The molecule has 0 aromatic carbocycles. The van der Waals surface area contributed by atoms with Gasteiger partial charge in [-0.1, -0.05) is 96.8 Å². The second kappa shape index (κ2) is 21.8. The summed E-state index contributed by atoms with van der Waals surface area (Å²) in [5.41, 5.74) is 0. The standard InChI is InChI=1S/C22H48NO4P/c1-3-4-5-6-7-8-9-10-11-12-13-14-17-20-23-21-18-15-16-19-22-27-28(24,25)26-2/h23H,3-22H2,1-2H3,(H,24,25). The average Bonchev–Trinajstić information content (AvgIpc) is 2.69. The van der Waals surface area contributed by atoms with Gasteiger partial charge < -0.3 is 10.2 Å². The lowest BCUT2D eigenvalue weighted by Gasteiger charge is -2.08. The highest BCUT2D eigenvalue weighted by atomic mass is 31.2. The first-order chi connectivity index (χ1) is 13.6. The number of rotatable bonds is 23. The molecule has 0 amide bonds. The van der Waals surface area contributed by atoms with Gasteiger partial charge in [0, 0.05) is 7.11 Å². The van der Waals surface area contributed by atoms with Crippen LogP contribution in [0.5, 0.6) is 0 Å². The molecule has 170 valence electrons. The van der Waals surface area contributed by atoms with E-state index in [4.69, 9.17) is 9.42 Å². The molecule has 0 spiro atoms. The summed E-state index contributed by atoms with van der Waals surface area (Å²) in [6.07, 6.45) is 22.3. The number of hydrogen-bond donors (Lipinski definition) is 2. The lowest BCUT2D eigenvalue weighted by atomic mass is 10.0. The van der Waals surface area contributed by atoms with E-state index in [1.807, 2.05) is 0 Å². The quantitative estimate of drug-likeness (QED) is 0.137. The second-order valence-corrected chi connectivity index (χ2v) is 9.45. The van der Waals surface area contributed by atoms with Gasteiger partial charge in [-0.2, -0.15) is 0 Å². The van der Waals surface area contributed by atoms with Crippen LogP contribution in [-0.2, 0) is 13.6 Å². The monoisotopic (exact) mass is 421 g/mol. The fourth-order valence-electron chi connectivity index (χ4n) is 3.33. The Bertz CT molecular complexity index is 355. The summed E-state index contributed by atoms with van der Waals surface area (Å²) >= 11 is 0. The fourth-order valence-corrected chi connectivity index (χ4v) is 3.80. The van der Waals surface area contributed by atoms with E-state index in [2.05, 4.69) is 16.8 Å². The molecular formula is C22H48NO4P. The zero-order chi connectivity index (χ0) is 20.8. The van der Waals surface area contributed by atoms with E-state index < -0.39 is 7.82 Å². The van der Waals surface area contributed by atoms with Gasteiger partial charge >= 0.3 is 7.82 Å². The van der Waals surface area contributed by atoms with Crippen molar-refractivity contribution in [2.75, 3.05) is 26.8 Å². The molecule has 0 saturated carbocycles. The van der Waals surface area contributed by atoms with Gasteiger partial charge in [0.15, 0.2) is 0 Å². The van der Waals surface area contributed by atoms with Gasteiger partial charge in [0.25, 0.3) is 0 Å². The minimum atomic E-state index is -3.78. The molecule has 6 heteroatoms. The molecule has 0 aromatic heterocycles. The first-order valence-electron chi connectivity index (χ1n) is 11.9. The molecule has 0 aliphatic carbocycles. The Morgan fingerprint density at radius 2 is 1.07 bits per heavy atom. The van der Waals surface area contributed by atoms with E-state index in [0.717, 1.165) is 38.8 Å². The van der Waals surface area contributed by atoms with Crippen molar-refractivity contribution in [3.63, 3.8) is 0 Å². The number of hydrogen-bond acceptors (Lipinski definition) is 4. The van der Waals surface area contributed by atoms with Crippen molar-refractivity contribution in [3.05, 3.63) is 0 Å². The van der Waals surface area contributed by atoms with Gasteiger partial charge in [0.05, 0.1) is 6.61 Å². The molecule has 0 rings (SSSR count). The minimum absolute atomic E-state index is 0.286. The van der Waals surface area contributed by atoms with Crippen molar-refractivity contribution in [2.24, 2.45) is 0 Å². The van der Waals surface area contributed by atoms with Crippen LogP contribution in [0.3, 0.4) is 0 Å². The smallest absolute Gasteiger partial charge is 0.317 e. The maximum absolute atomic E-state index is 11.1. The zero-order valence-electron chi connectivity index (χ0n) is 18.8. The van der Waals surface area contributed by atoms with Gasteiger partial charge in [-0.25, -0.2) is 4.57 Å². The molecule has 0 radical (unpaired) electrons. The van der Waals surface area contributed by atoms with Crippen LogP contribution in [0.2, 0.25) is 0 Å². The zero-order valence-corrected chi connectivity index (χ0v) is 19.7. The Hall–Kier alpha value is 0.0700. The first-order valence-corrected chi connectivity index (χ1v) is 13.4. The van der Waals surface area contributed by atoms with Gasteiger partial charge in [0.2, 0.25) is 0 Å². The lowest BCUT2D eigenvalue weighted by molar-refractivity contribution is 0.170. The van der Waals surface area contributed by atoms with Crippen molar-refractivity contribution in [1.82, 2.24) is 5.32 Å². The number of nitrogens with one attached hydrogen (secondary N) is 1. The molecule has 2 N–H and O–H groups in total. The topological polar surface area (TPSA) is 67.8 Å². The number of phosphoric ester groups is 1. The number of unbranched alkanes of at least 4 members (excludes halogenated alkanes) is 15. The molecule has 28 heavy (non-hydrogen) atoms. The van der Waals surface area contributed by atoms with Crippen LogP contribution in [0, 0.1) is 0 Å². The highest BCUT2D eigenvalue weighted by Gasteiger charge is 2.17. The Morgan fingerprint density at radius 3 is 1.50 bits per heavy atom. The van der Waals surface area contributed by atoms with Crippen LogP contribution in [0.25, 0.3) is 0 Å². The second-order valence-electron chi connectivity index (χ2n) is 7.89. The summed E-state index contributed by atoms with van der Waals surface area (Å²) in [7, 11) is -2.60. The SMILES string of the molecule is CCCCCCCCCCCCCCCNCCCCCCOP(=O)(O)OC. The molecule has 0 saturated heterocycles. The molecular weight excluding hydrogens is 373 g/mol. The highest BCUT2D eigenvalue weighted by molar-refractivity contribution is 7.47. The third kappa shape index (κ3) is 22.4. The van der Waals surface area contributed by atoms with Gasteiger partial charge in [0.1, 0.15) is 0 Å². The van der Waals surface area contributed by atoms with E-state index in [1.54, 1.807) is 0 Å². The summed E-state index contributed by atoms with van der Waals surface area (Å²) < 4.78 is 20.2. The minimum Gasteiger partial charge on any atom is -0.317 e. The van der Waals surface area contributed by atoms with Crippen LogP contribution in [0.15, 0.2) is 0 Å². The van der Waals surface area contributed by atoms with Crippen LogP contribution in [-0.4, -0.2) is 31.7 Å². The third-order valence-corrected chi connectivity index (χ3v) is 6.16. The molecule has 5 nitrogen and oxygen atoms in total. The van der Waals surface area contributed by atoms with Crippen molar-refractivity contribution < 1.29 is 18.5 Å². The van der Waals surface area contributed by atoms with E-state index in [-0.39, 0.29) is 6.61 Å². The van der Waals surface area contributed by atoms with Gasteiger partial charge in [-0.3, -0.25) is 9.05 Å². The molecule has 0 heterocycles. The van der Waals surface area contributed by atoms with Crippen molar-refractivity contribution in [2.45, 2.75) is 116 Å². The lowest BCUT2D eigenvalue weighted by Crippen LogP contribution is -2.16. The number of phosphoric acid groups is 1. The van der Waals surface area contributed by atoms with Crippen LogP contribution >= 0.6 is 7.82 Å². The van der Waals surface area contributed by atoms with Crippen molar-refractivity contribution >= 4 is 7.82 Å². The molecule has 1 unspecified atom stereocenters. The van der Waals surface area contributed by atoms with E-state index in [9.17, 15) is 4.57 Å². The summed E-state index contributed by atoms with van der Waals surface area (Å²) in [6.45, 7) is 4.76. The maximum Gasteiger partial charge on any atom is 0.471 e. The fraction of sp³-hybridized carbons (Fsp3) is 1.00. The summed E-state index contributed by atoms with van der Waals surface area (Å²) in [5.74, 6) is 0. The van der Waals surface area contributed by atoms with Crippen LogP contribution < -0.4 is 5.32 Å². The molecule has 0 aliphatic rings. The molecule has 0 bridgehead atoms. The van der Waals surface area contributed by atoms with E-state index >= 15 is 0 Å². The molecule has 0 fully saturated rings. The predicted octanol–water partition coefficient (Wildman–Crippen LogP) is 6.99. The molecule has 1 atom stereocenters. The Labute approximate surface area is 175 Å². The van der Waals surface area contributed by atoms with Crippen molar-refractivity contribution in [3.8, 4) is 0 Å². The van der Waals surface area contributed by atoms with E-state index in [0.29, 0.717) is 0 Å². The maximum atomic E-state index is 11.1. The normalized spacial score (nSPS) is 13.7. The van der Waals surface area contributed by atoms with Gasteiger partial charge in [-0.05, 0) is 32.4 Å². The average molecular weight is 422 g/mol. The van der Waals surface area contributed by atoms with Crippen molar-refractivity contribution in [1.29, 1.82) is 0 Å². The Balaban J connectivity index is 3.06. The molecule has 0 aliphatic heterocycles. The summed E-state index contributed by atoms with van der Waals surface area (Å²) in [4.78, 5) is 9.08. The largest absolute Gasteiger partial charge is 0.471 e. The van der Waals surface area contributed by atoms with Crippen LogP contribution in [0.4, 0.5) is 0 Å². The first kappa shape index (κ1) is 28.1. The Morgan fingerprint density at radius 1 is 0.679 bits per heavy atom. The van der Waals surface area contributed by atoms with Crippen LogP contribution in [0.1, 0.15) is 116 Å². The third-order valence-electron chi connectivity index (χ3n) is 5.19. The summed E-state index contributed by atoms with van der Waals surface area (Å²) in [6, 6.07) is 0. The molecule has 0 aromatic rings. The van der Waals surface area contributed by atoms with E-state index in [1.165, 1.54) is 90.6 Å². The Kier molecular flexibility index (Phi) is 21.8. The summed E-state index contributed by atoms with van der Waals surface area (Å²) in [5, 5.41) is 3.51. The predicted molar refractivity (Wildman–Crippen MR) is 120 cm³/mol. The van der Waals surface area contributed by atoms with Gasteiger partial charge in [-0.15, -0.1) is 0 Å².